The third kappa shape index (κ3) is 5.71. The number of carbonyl (C=O) groups excluding carboxylic acids is 1. The zero-order chi connectivity index (χ0) is 22.3. The summed E-state index contributed by atoms with van der Waals surface area (Å²) in [4.78, 5) is 18.2. The molecule has 32 heavy (non-hydrogen) atoms. The van der Waals surface area contributed by atoms with Crippen molar-refractivity contribution in [3.05, 3.63) is 70.4 Å². The molecule has 0 saturated carbocycles. The lowest BCUT2D eigenvalue weighted by atomic mass is 9.93. The summed E-state index contributed by atoms with van der Waals surface area (Å²) in [5.41, 5.74) is 3.74. The largest absolute Gasteiger partial charge is 0.461 e. The van der Waals surface area contributed by atoms with Gasteiger partial charge in [0.1, 0.15) is 5.69 Å². The molecule has 1 fully saturated rings. The number of rotatable bonds is 9. The quantitative estimate of drug-likeness (QED) is 0.337. The van der Waals surface area contributed by atoms with Crippen molar-refractivity contribution in [3.8, 4) is 0 Å². The summed E-state index contributed by atoms with van der Waals surface area (Å²) in [5.74, 6) is 0.430. The Morgan fingerprint density at radius 1 is 1.19 bits per heavy atom. The number of halogens is 1. The maximum atomic E-state index is 12.4. The summed E-state index contributed by atoms with van der Waals surface area (Å²) in [6.45, 7) is 7.08. The van der Waals surface area contributed by atoms with Gasteiger partial charge in [-0.2, -0.15) is 0 Å². The molecule has 3 aromatic rings. The van der Waals surface area contributed by atoms with Crippen LogP contribution in [0.15, 0.2) is 48.5 Å². The number of hydrogen-bond acceptors (Lipinski definition) is 4. The van der Waals surface area contributed by atoms with Gasteiger partial charge < -0.3 is 15.0 Å². The zero-order valence-corrected chi connectivity index (χ0v) is 19.5. The molecule has 1 aromatic heterocycles. The van der Waals surface area contributed by atoms with E-state index in [-0.39, 0.29) is 5.97 Å². The van der Waals surface area contributed by atoms with Crippen molar-refractivity contribution >= 4 is 28.5 Å². The highest BCUT2D eigenvalue weighted by Crippen LogP contribution is 2.27. The lowest BCUT2D eigenvalue weighted by molar-refractivity contribution is 0.0519. The van der Waals surface area contributed by atoms with Crippen molar-refractivity contribution in [1.82, 2.24) is 15.2 Å². The molecular formula is C26H32ClN3O2. The Kier molecular flexibility index (Phi) is 7.85. The van der Waals surface area contributed by atoms with E-state index >= 15 is 0 Å². The maximum Gasteiger partial charge on any atom is 0.355 e. The van der Waals surface area contributed by atoms with E-state index in [0.717, 1.165) is 55.0 Å². The summed E-state index contributed by atoms with van der Waals surface area (Å²) < 4.78 is 5.25. The normalized spacial score (nSPS) is 15.3. The van der Waals surface area contributed by atoms with Crippen molar-refractivity contribution in [3.63, 3.8) is 0 Å². The van der Waals surface area contributed by atoms with Gasteiger partial charge in [-0.1, -0.05) is 41.9 Å². The SMILES string of the molecule is CCOC(=O)c1[nH]c2ccc(Cl)cc2c1CNCCC1CCN(Cc2ccccc2)CC1. The Hall–Kier alpha value is -2.34. The number of nitrogens with zero attached hydrogens (tertiary/aromatic N) is 1. The molecule has 2 heterocycles. The fourth-order valence-corrected chi connectivity index (χ4v) is 4.75. The number of aromatic nitrogens is 1. The molecule has 0 bridgehead atoms. The molecule has 5 nitrogen and oxygen atoms in total. The van der Waals surface area contributed by atoms with Crippen LogP contribution in [0.2, 0.25) is 5.02 Å². The number of esters is 1. The Morgan fingerprint density at radius 3 is 2.72 bits per heavy atom. The van der Waals surface area contributed by atoms with Crippen LogP contribution in [0, 0.1) is 5.92 Å². The first-order chi connectivity index (χ1) is 15.6. The number of carbonyl (C=O) groups is 1. The number of benzene rings is 2. The van der Waals surface area contributed by atoms with Gasteiger partial charge in [-0.25, -0.2) is 4.79 Å². The number of nitrogens with one attached hydrogen (secondary N) is 2. The van der Waals surface area contributed by atoms with Gasteiger partial charge >= 0.3 is 5.97 Å². The molecule has 0 aliphatic carbocycles. The maximum absolute atomic E-state index is 12.4. The van der Waals surface area contributed by atoms with Crippen molar-refractivity contribution in [2.45, 2.75) is 39.3 Å². The van der Waals surface area contributed by atoms with Gasteiger partial charge in [-0.3, -0.25) is 4.90 Å². The highest BCUT2D eigenvalue weighted by Gasteiger charge is 2.21. The first-order valence-corrected chi connectivity index (χ1v) is 12.0. The minimum atomic E-state index is -0.317. The third-order valence-corrected chi connectivity index (χ3v) is 6.57. The molecule has 0 atom stereocenters. The van der Waals surface area contributed by atoms with Gasteiger partial charge in [-0.05, 0) is 75.5 Å². The van der Waals surface area contributed by atoms with E-state index in [2.05, 4.69) is 45.5 Å². The second kappa shape index (κ2) is 11.0. The molecule has 1 aliphatic heterocycles. The van der Waals surface area contributed by atoms with Crippen LogP contribution in [-0.4, -0.2) is 42.1 Å². The molecule has 0 radical (unpaired) electrons. The smallest absolute Gasteiger partial charge is 0.355 e. The van der Waals surface area contributed by atoms with E-state index in [1.807, 2.05) is 25.1 Å². The number of ether oxygens (including phenoxy) is 1. The second-order valence-electron chi connectivity index (χ2n) is 8.56. The van der Waals surface area contributed by atoms with E-state index < -0.39 is 0 Å². The molecule has 1 saturated heterocycles. The van der Waals surface area contributed by atoms with Gasteiger partial charge in [0.05, 0.1) is 6.61 Å². The molecule has 0 unspecified atom stereocenters. The summed E-state index contributed by atoms with van der Waals surface area (Å²) in [7, 11) is 0. The van der Waals surface area contributed by atoms with Crippen LogP contribution in [0.4, 0.5) is 0 Å². The van der Waals surface area contributed by atoms with Crippen LogP contribution in [0.3, 0.4) is 0 Å². The Bertz CT molecular complexity index is 1030. The molecule has 0 amide bonds. The molecule has 170 valence electrons. The standard InChI is InChI=1S/C26H32ClN3O2/c1-2-32-26(31)25-23(22-16-21(27)8-9-24(22)29-25)17-28-13-10-19-11-14-30(15-12-19)18-20-6-4-3-5-7-20/h3-9,16,19,28-29H,2,10-15,17-18H2,1H3. The topological polar surface area (TPSA) is 57.4 Å². The lowest BCUT2D eigenvalue weighted by Gasteiger charge is -2.32. The Balaban J connectivity index is 1.28. The Labute approximate surface area is 195 Å². The van der Waals surface area contributed by atoms with Gasteiger partial charge in [0.15, 0.2) is 0 Å². The van der Waals surface area contributed by atoms with E-state index in [1.54, 1.807) is 0 Å². The van der Waals surface area contributed by atoms with Crippen LogP contribution >= 0.6 is 11.6 Å². The molecule has 6 heteroatoms. The number of piperidine rings is 1. The monoisotopic (exact) mass is 453 g/mol. The molecule has 2 N–H and O–H groups in total. The third-order valence-electron chi connectivity index (χ3n) is 6.34. The predicted octanol–water partition coefficient (Wildman–Crippen LogP) is 5.39. The van der Waals surface area contributed by atoms with E-state index in [1.165, 1.54) is 18.4 Å². The van der Waals surface area contributed by atoms with Crippen LogP contribution in [-0.2, 0) is 17.8 Å². The summed E-state index contributed by atoms with van der Waals surface area (Å²) >= 11 is 6.21. The van der Waals surface area contributed by atoms with Crippen molar-refractivity contribution in [2.75, 3.05) is 26.2 Å². The zero-order valence-electron chi connectivity index (χ0n) is 18.7. The minimum absolute atomic E-state index is 0.317. The highest BCUT2D eigenvalue weighted by atomic mass is 35.5. The number of likely N-dealkylation sites (tertiary alicyclic amines) is 1. The van der Waals surface area contributed by atoms with Crippen molar-refractivity contribution in [1.29, 1.82) is 0 Å². The first kappa shape index (κ1) is 22.8. The average Bonchev–Trinajstić information content (AvgIpc) is 3.16. The first-order valence-electron chi connectivity index (χ1n) is 11.6. The van der Waals surface area contributed by atoms with Gasteiger partial charge in [-0.15, -0.1) is 0 Å². The van der Waals surface area contributed by atoms with Crippen LogP contribution in [0.25, 0.3) is 10.9 Å². The molecule has 2 aromatic carbocycles. The molecular weight excluding hydrogens is 422 g/mol. The lowest BCUT2D eigenvalue weighted by Crippen LogP contribution is -2.34. The Morgan fingerprint density at radius 2 is 1.97 bits per heavy atom. The number of fused-ring (bicyclic) bond motifs is 1. The van der Waals surface area contributed by atoms with Crippen molar-refractivity contribution < 1.29 is 9.53 Å². The van der Waals surface area contributed by atoms with Crippen LogP contribution in [0.1, 0.15) is 47.8 Å². The van der Waals surface area contributed by atoms with E-state index in [4.69, 9.17) is 16.3 Å². The van der Waals surface area contributed by atoms with E-state index in [9.17, 15) is 4.79 Å². The molecule has 0 spiro atoms. The summed E-state index contributed by atoms with van der Waals surface area (Å²) in [6, 6.07) is 16.4. The van der Waals surface area contributed by atoms with Crippen molar-refractivity contribution in [2.24, 2.45) is 5.92 Å². The summed E-state index contributed by atoms with van der Waals surface area (Å²) in [6.07, 6.45) is 3.63. The number of H-pyrrole nitrogens is 1. The van der Waals surface area contributed by atoms with Gasteiger partial charge in [0.2, 0.25) is 0 Å². The summed E-state index contributed by atoms with van der Waals surface area (Å²) in [5, 5.41) is 5.19. The number of hydrogen-bond donors (Lipinski definition) is 2. The fraction of sp³-hybridized carbons (Fsp3) is 0.423. The van der Waals surface area contributed by atoms with Gasteiger partial charge in [0.25, 0.3) is 0 Å². The average molecular weight is 454 g/mol. The van der Waals surface area contributed by atoms with Gasteiger partial charge in [0, 0.05) is 34.6 Å². The highest BCUT2D eigenvalue weighted by molar-refractivity contribution is 6.31. The fourth-order valence-electron chi connectivity index (χ4n) is 4.58. The number of aromatic amines is 1. The van der Waals surface area contributed by atoms with Crippen LogP contribution in [0.5, 0.6) is 0 Å². The molecule has 1 aliphatic rings. The molecule has 4 rings (SSSR count). The minimum Gasteiger partial charge on any atom is -0.461 e. The second-order valence-corrected chi connectivity index (χ2v) is 9.00. The van der Waals surface area contributed by atoms with E-state index in [0.29, 0.717) is 23.9 Å². The van der Waals surface area contributed by atoms with Crippen LogP contribution < -0.4 is 5.32 Å². The predicted molar refractivity (Wildman–Crippen MR) is 130 cm³/mol.